The van der Waals surface area contributed by atoms with E-state index in [4.69, 9.17) is 18.8 Å². The number of rotatable bonds is 2. The van der Waals surface area contributed by atoms with Crippen molar-refractivity contribution in [3.05, 3.63) is 29.6 Å². The Balaban J connectivity index is 2.31. The van der Waals surface area contributed by atoms with Crippen LogP contribution in [0.2, 0.25) is 0 Å². The van der Waals surface area contributed by atoms with Crippen molar-refractivity contribution in [2.24, 2.45) is 4.99 Å². The molecule has 2 amide bonds. The van der Waals surface area contributed by atoms with Crippen molar-refractivity contribution in [3.63, 3.8) is 0 Å². The van der Waals surface area contributed by atoms with Crippen LogP contribution in [0.15, 0.2) is 23.2 Å². The summed E-state index contributed by atoms with van der Waals surface area (Å²) in [5, 5.41) is 0. The first-order valence-corrected chi connectivity index (χ1v) is 15.5. The average Bonchev–Trinajstić information content (AvgIpc) is 3.01. The summed E-state index contributed by atoms with van der Waals surface area (Å²) in [7, 11) is -4.13. The largest absolute Gasteiger partial charge is 0.494 e. The van der Waals surface area contributed by atoms with E-state index < -0.39 is 73.8 Å². The molecule has 0 radical (unpaired) electrons. The van der Waals surface area contributed by atoms with Gasteiger partial charge in [-0.05, 0) is 102 Å². The van der Waals surface area contributed by atoms with E-state index in [0.717, 1.165) is 11.4 Å². The summed E-state index contributed by atoms with van der Waals surface area (Å²) in [6, 6.07) is 4.14. The van der Waals surface area contributed by atoms with E-state index in [-0.39, 0.29) is 5.56 Å². The van der Waals surface area contributed by atoms with Crippen LogP contribution in [0.3, 0.4) is 0 Å². The molecule has 0 aliphatic carbocycles. The van der Waals surface area contributed by atoms with E-state index >= 15 is 4.39 Å². The number of hydrogen-bond donors (Lipinski definition) is 0. The minimum atomic E-state index is -4.41. The molecule has 11 nitrogen and oxygen atoms in total. The molecule has 1 atom stereocenters. The molecule has 1 aromatic carbocycles. The molecule has 2 aliphatic heterocycles. The summed E-state index contributed by atoms with van der Waals surface area (Å²) in [4.78, 5) is 32.0. The van der Waals surface area contributed by atoms with Gasteiger partial charge in [0.15, 0.2) is 0 Å². The van der Waals surface area contributed by atoms with Crippen LogP contribution in [0, 0.1) is 5.82 Å². The lowest BCUT2D eigenvalue weighted by atomic mass is 9.74. The predicted octanol–water partition coefficient (Wildman–Crippen LogP) is 4.92. The maximum atomic E-state index is 15.8. The number of aliphatic imine (C=N–C) groups is 1. The van der Waals surface area contributed by atoms with Gasteiger partial charge >= 0.3 is 19.3 Å². The van der Waals surface area contributed by atoms with Crippen molar-refractivity contribution >= 4 is 40.8 Å². The summed E-state index contributed by atoms with van der Waals surface area (Å²) < 4.78 is 66.2. The maximum absolute atomic E-state index is 15.8. The van der Waals surface area contributed by atoms with E-state index in [1.165, 1.54) is 39.0 Å². The highest BCUT2D eigenvalue weighted by Crippen LogP contribution is 2.47. The van der Waals surface area contributed by atoms with Gasteiger partial charge in [-0.1, -0.05) is 12.1 Å². The third kappa shape index (κ3) is 6.15. The van der Waals surface area contributed by atoms with Crippen molar-refractivity contribution in [2.45, 2.75) is 123 Å². The molecule has 1 fully saturated rings. The van der Waals surface area contributed by atoms with Gasteiger partial charge in [0, 0.05) is 12.6 Å². The molecular weight excluding hydrogens is 580 g/mol. The van der Waals surface area contributed by atoms with Crippen molar-refractivity contribution in [1.29, 1.82) is 0 Å². The zero-order chi connectivity index (χ0) is 33.4. The Labute approximate surface area is 255 Å². The molecule has 43 heavy (non-hydrogen) atoms. The number of halogens is 1. The molecule has 2 heterocycles. The number of ether oxygens (including phenoxy) is 2. The summed E-state index contributed by atoms with van der Waals surface area (Å²) in [6.07, 6.45) is -2.42. The van der Waals surface area contributed by atoms with E-state index in [1.807, 2.05) is 27.7 Å². The highest BCUT2D eigenvalue weighted by Gasteiger charge is 2.60. The van der Waals surface area contributed by atoms with Crippen LogP contribution in [0.25, 0.3) is 0 Å². The molecular formula is C29H45BFN3O8S. The molecule has 1 aromatic rings. The lowest BCUT2D eigenvalue weighted by Crippen LogP contribution is -2.65. The van der Waals surface area contributed by atoms with Crippen LogP contribution in [0.1, 0.15) is 95.6 Å². The van der Waals surface area contributed by atoms with Gasteiger partial charge in [0.25, 0.3) is 0 Å². The Morgan fingerprint density at radius 3 is 1.77 bits per heavy atom. The van der Waals surface area contributed by atoms with Crippen molar-refractivity contribution in [1.82, 2.24) is 9.21 Å². The Bertz CT molecular complexity index is 1400. The smallest absolute Gasteiger partial charge is 0.443 e. The van der Waals surface area contributed by atoms with Gasteiger partial charge in [0.05, 0.1) is 11.2 Å². The summed E-state index contributed by atoms with van der Waals surface area (Å²) in [6.45, 7) is 21.3. The summed E-state index contributed by atoms with van der Waals surface area (Å²) in [5.41, 5.74) is -5.02. The molecule has 0 bridgehead atoms. The van der Waals surface area contributed by atoms with Gasteiger partial charge in [-0.25, -0.2) is 31.7 Å². The van der Waals surface area contributed by atoms with Crippen molar-refractivity contribution in [3.8, 4) is 0 Å². The molecule has 3 rings (SSSR count). The van der Waals surface area contributed by atoms with Gasteiger partial charge in [-0.2, -0.15) is 0 Å². The van der Waals surface area contributed by atoms with Crippen LogP contribution in [0.5, 0.6) is 0 Å². The molecule has 2 aliphatic rings. The molecule has 0 spiro atoms. The van der Waals surface area contributed by atoms with Crippen LogP contribution < -0.4 is 5.46 Å². The Kier molecular flexibility index (Phi) is 8.44. The quantitative estimate of drug-likeness (QED) is 0.425. The number of sulfonamides is 1. The molecule has 14 heteroatoms. The van der Waals surface area contributed by atoms with Gasteiger partial charge < -0.3 is 18.8 Å². The maximum Gasteiger partial charge on any atom is 0.494 e. The molecule has 0 N–H and O–H groups in total. The third-order valence-electron chi connectivity index (χ3n) is 8.18. The number of imide groups is 1. The number of amides is 2. The number of benzene rings is 1. The minimum absolute atomic E-state index is 0.104. The highest BCUT2D eigenvalue weighted by molar-refractivity contribution is 7.91. The van der Waals surface area contributed by atoms with Gasteiger partial charge in [-0.15, -0.1) is 4.90 Å². The third-order valence-corrected chi connectivity index (χ3v) is 10.7. The van der Waals surface area contributed by atoms with Gasteiger partial charge in [0.1, 0.15) is 27.3 Å². The zero-order valence-electron chi connectivity index (χ0n) is 27.7. The lowest BCUT2D eigenvalue weighted by molar-refractivity contribution is 0.00578. The van der Waals surface area contributed by atoms with Crippen molar-refractivity contribution in [2.75, 3.05) is 7.05 Å². The standard InChI is InChI=1S/C29H45BFN3O8S/c1-24(2,3)39-22(35)34(23(36)40-25(4,5)6)21-32-29(13,28(11,12)43(37,38)33(21)14)19-17-18(15-16-20(19)31)30-41-26(7,8)27(9,10)42-30/h15-17H,1-14H3/t29-/m1/s1. The Morgan fingerprint density at radius 2 is 1.35 bits per heavy atom. The Hall–Kier alpha value is -2.71. The first-order valence-electron chi connectivity index (χ1n) is 14.1. The predicted molar refractivity (Wildman–Crippen MR) is 162 cm³/mol. The van der Waals surface area contributed by atoms with Crippen LogP contribution in [-0.4, -0.2) is 77.1 Å². The average molecular weight is 626 g/mol. The van der Waals surface area contributed by atoms with Crippen LogP contribution in [-0.2, 0) is 34.3 Å². The normalized spacial score (nSPS) is 24.3. The molecule has 240 valence electrons. The molecule has 0 saturated carbocycles. The summed E-state index contributed by atoms with van der Waals surface area (Å²) >= 11 is 0. The van der Waals surface area contributed by atoms with E-state index in [1.54, 1.807) is 41.5 Å². The topological polar surface area (TPSA) is 124 Å². The Morgan fingerprint density at radius 1 is 0.907 bits per heavy atom. The van der Waals surface area contributed by atoms with Gasteiger partial charge in [-0.3, -0.25) is 0 Å². The first kappa shape index (κ1) is 34.8. The number of carbonyl (C=O) groups excluding carboxylic acids is 2. The highest BCUT2D eigenvalue weighted by atomic mass is 32.2. The number of hydrogen-bond acceptors (Lipinski definition) is 9. The zero-order valence-corrected chi connectivity index (χ0v) is 28.5. The monoisotopic (exact) mass is 625 g/mol. The number of nitrogens with zero attached hydrogens (tertiary/aromatic N) is 3. The second kappa shape index (κ2) is 10.4. The fourth-order valence-corrected chi connectivity index (χ4v) is 6.26. The molecule has 0 unspecified atom stereocenters. The molecule has 0 aromatic heterocycles. The lowest BCUT2D eigenvalue weighted by Gasteiger charge is -2.48. The van der Waals surface area contributed by atoms with Crippen LogP contribution in [0.4, 0.5) is 14.0 Å². The van der Waals surface area contributed by atoms with Gasteiger partial charge in [0.2, 0.25) is 16.0 Å². The van der Waals surface area contributed by atoms with Crippen LogP contribution >= 0.6 is 0 Å². The van der Waals surface area contributed by atoms with E-state index in [2.05, 4.69) is 4.99 Å². The van der Waals surface area contributed by atoms with E-state index in [0.29, 0.717) is 10.4 Å². The second-order valence-electron chi connectivity index (χ2n) is 14.6. The fourth-order valence-electron chi connectivity index (χ4n) is 4.58. The summed E-state index contributed by atoms with van der Waals surface area (Å²) in [5.74, 6) is -1.36. The number of carbonyl (C=O) groups is 2. The SMILES string of the molecule is CN1C(N(C(=O)OC(C)(C)C)C(=O)OC(C)(C)C)=N[C@](C)(c2cc(B3OC(C)(C)C(C)(C)O3)ccc2F)C(C)(C)S1(=O)=O. The number of guanidine groups is 1. The first-order chi connectivity index (χ1) is 19.1. The van der Waals surface area contributed by atoms with Crippen molar-refractivity contribution < 1.29 is 41.2 Å². The second-order valence-corrected chi connectivity index (χ2v) is 17.1. The minimum Gasteiger partial charge on any atom is -0.443 e. The van der Waals surface area contributed by atoms with E-state index in [9.17, 15) is 18.0 Å². The fraction of sp³-hybridized carbons (Fsp3) is 0.690. The molecule has 1 saturated heterocycles.